The molecule has 2 aromatic rings. The lowest BCUT2D eigenvalue weighted by atomic mass is 10.1. The van der Waals surface area contributed by atoms with E-state index in [9.17, 15) is 14.4 Å². The van der Waals surface area contributed by atoms with Gasteiger partial charge in [0.2, 0.25) is 0 Å². The van der Waals surface area contributed by atoms with E-state index in [-0.39, 0.29) is 5.56 Å². The maximum Gasteiger partial charge on any atom is 0.330 e. The SMILES string of the molecule is COc1ccc(CCNC(=O)c2cn(C)c(=O)n(C)c2=O)cc1OC. The zero-order valence-corrected chi connectivity index (χ0v) is 14.7. The van der Waals surface area contributed by atoms with Crippen LogP contribution in [0.25, 0.3) is 0 Å². The molecule has 1 heterocycles. The van der Waals surface area contributed by atoms with E-state index in [0.29, 0.717) is 24.5 Å². The highest BCUT2D eigenvalue weighted by Crippen LogP contribution is 2.27. The zero-order valence-electron chi connectivity index (χ0n) is 14.7. The molecule has 0 atom stereocenters. The smallest absolute Gasteiger partial charge is 0.330 e. The maximum absolute atomic E-state index is 12.2. The Labute approximate surface area is 144 Å². The largest absolute Gasteiger partial charge is 0.493 e. The van der Waals surface area contributed by atoms with Gasteiger partial charge in [0.15, 0.2) is 11.5 Å². The molecule has 134 valence electrons. The highest BCUT2D eigenvalue weighted by atomic mass is 16.5. The Bertz CT molecular complexity index is 898. The van der Waals surface area contributed by atoms with Gasteiger partial charge in [-0.15, -0.1) is 0 Å². The van der Waals surface area contributed by atoms with Crippen LogP contribution in [0.15, 0.2) is 34.0 Å². The molecule has 0 aliphatic rings. The van der Waals surface area contributed by atoms with E-state index in [1.165, 1.54) is 24.9 Å². The van der Waals surface area contributed by atoms with Gasteiger partial charge in [-0.2, -0.15) is 0 Å². The van der Waals surface area contributed by atoms with Crippen LogP contribution in [-0.4, -0.2) is 35.8 Å². The van der Waals surface area contributed by atoms with Crippen molar-refractivity contribution in [3.63, 3.8) is 0 Å². The summed E-state index contributed by atoms with van der Waals surface area (Å²) in [5.74, 6) is 0.721. The number of benzene rings is 1. The molecule has 8 heteroatoms. The van der Waals surface area contributed by atoms with Crippen molar-refractivity contribution in [2.75, 3.05) is 20.8 Å². The number of ether oxygens (including phenoxy) is 2. The molecule has 25 heavy (non-hydrogen) atoms. The minimum Gasteiger partial charge on any atom is -0.493 e. The number of hydrogen-bond acceptors (Lipinski definition) is 5. The molecule has 0 radical (unpaired) electrons. The van der Waals surface area contributed by atoms with Crippen molar-refractivity contribution in [3.05, 3.63) is 56.4 Å². The summed E-state index contributed by atoms with van der Waals surface area (Å²) < 4.78 is 12.5. The van der Waals surface area contributed by atoms with E-state index in [4.69, 9.17) is 9.47 Å². The lowest BCUT2D eigenvalue weighted by Crippen LogP contribution is -2.42. The van der Waals surface area contributed by atoms with Crippen LogP contribution in [0, 0.1) is 0 Å². The summed E-state index contributed by atoms with van der Waals surface area (Å²) in [6.07, 6.45) is 1.80. The van der Waals surface area contributed by atoms with E-state index in [0.717, 1.165) is 10.1 Å². The van der Waals surface area contributed by atoms with Crippen LogP contribution >= 0.6 is 0 Å². The molecule has 1 aromatic heterocycles. The summed E-state index contributed by atoms with van der Waals surface area (Å²) in [4.78, 5) is 35.9. The number of hydrogen-bond donors (Lipinski definition) is 1. The minimum atomic E-state index is -0.619. The van der Waals surface area contributed by atoms with Gasteiger partial charge in [0.05, 0.1) is 14.2 Å². The third-order valence-electron chi connectivity index (χ3n) is 3.84. The number of carbonyl (C=O) groups is 1. The molecule has 8 nitrogen and oxygen atoms in total. The van der Waals surface area contributed by atoms with Gasteiger partial charge in [-0.25, -0.2) is 4.79 Å². The van der Waals surface area contributed by atoms with Crippen molar-refractivity contribution in [2.24, 2.45) is 14.1 Å². The fraction of sp³-hybridized carbons (Fsp3) is 0.353. The van der Waals surface area contributed by atoms with Crippen molar-refractivity contribution in [1.29, 1.82) is 0 Å². The predicted octanol–water partition coefficient (Wildman–Crippen LogP) is 0.0737. The molecular formula is C17H21N3O5. The fourth-order valence-electron chi connectivity index (χ4n) is 2.42. The lowest BCUT2D eigenvalue weighted by molar-refractivity contribution is 0.0951. The average Bonchev–Trinajstić information content (AvgIpc) is 2.62. The molecular weight excluding hydrogens is 326 g/mol. The van der Waals surface area contributed by atoms with Gasteiger partial charge in [-0.1, -0.05) is 6.07 Å². The monoisotopic (exact) mass is 347 g/mol. The van der Waals surface area contributed by atoms with E-state index in [1.54, 1.807) is 20.3 Å². The van der Waals surface area contributed by atoms with Gasteiger partial charge in [0.1, 0.15) is 5.56 Å². The molecule has 0 saturated carbocycles. The van der Waals surface area contributed by atoms with Crippen LogP contribution in [0.5, 0.6) is 11.5 Å². The molecule has 0 aliphatic heterocycles. The average molecular weight is 347 g/mol. The molecule has 0 spiro atoms. The summed E-state index contributed by atoms with van der Waals surface area (Å²) >= 11 is 0. The molecule has 1 aromatic carbocycles. The van der Waals surface area contributed by atoms with Crippen LogP contribution in [0.4, 0.5) is 0 Å². The topological polar surface area (TPSA) is 91.6 Å². The second-order valence-electron chi connectivity index (χ2n) is 5.50. The Balaban J connectivity index is 2.07. The van der Waals surface area contributed by atoms with Gasteiger partial charge in [-0.05, 0) is 24.1 Å². The van der Waals surface area contributed by atoms with Crippen LogP contribution in [0.3, 0.4) is 0 Å². The van der Waals surface area contributed by atoms with Crippen molar-refractivity contribution < 1.29 is 14.3 Å². The van der Waals surface area contributed by atoms with E-state index in [2.05, 4.69) is 5.32 Å². The van der Waals surface area contributed by atoms with E-state index >= 15 is 0 Å². The van der Waals surface area contributed by atoms with Gasteiger partial charge < -0.3 is 19.4 Å². The Kier molecular flexibility index (Phi) is 5.63. The van der Waals surface area contributed by atoms with Crippen molar-refractivity contribution in [2.45, 2.75) is 6.42 Å². The summed E-state index contributed by atoms with van der Waals surface area (Å²) in [5.41, 5.74) is -0.221. The summed E-state index contributed by atoms with van der Waals surface area (Å²) in [5, 5.41) is 2.69. The Morgan fingerprint density at radius 3 is 2.44 bits per heavy atom. The predicted molar refractivity (Wildman–Crippen MR) is 92.5 cm³/mol. The van der Waals surface area contributed by atoms with Gasteiger partial charge in [0, 0.05) is 26.8 Å². The highest BCUT2D eigenvalue weighted by Gasteiger charge is 2.14. The van der Waals surface area contributed by atoms with E-state index in [1.807, 2.05) is 12.1 Å². The molecule has 0 bridgehead atoms. The molecule has 1 N–H and O–H groups in total. The third kappa shape index (κ3) is 3.90. The Morgan fingerprint density at radius 2 is 1.80 bits per heavy atom. The minimum absolute atomic E-state index is 0.0723. The number of nitrogens with one attached hydrogen (secondary N) is 1. The molecule has 0 fully saturated rings. The number of rotatable bonds is 6. The van der Waals surface area contributed by atoms with Gasteiger partial charge in [-0.3, -0.25) is 14.2 Å². The second-order valence-corrected chi connectivity index (χ2v) is 5.50. The molecule has 1 amide bonds. The Hall–Kier alpha value is -3.03. The van der Waals surface area contributed by atoms with Crippen molar-refractivity contribution >= 4 is 5.91 Å². The standard InChI is InChI=1S/C17H21N3O5/c1-19-10-12(16(22)20(2)17(19)23)15(21)18-8-7-11-5-6-13(24-3)14(9-11)25-4/h5-6,9-10H,7-8H2,1-4H3,(H,18,21). The number of aromatic nitrogens is 2. The van der Waals surface area contributed by atoms with Crippen LogP contribution in [0.2, 0.25) is 0 Å². The Morgan fingerprint density at radius 1 is 1.12 bits per heavy atom. The molecule has 0 aliphatic carbocycles. The number of carbonyl (C=O) groups excluding carboxylic acids is 1. The quantitative estimate of drug-likeness (QED) is 0.799. The first-order valence-electron chi connectivity index (χ1n) is 7.64. The number of methoxy groups -OCH3 is 2. The first kappa shape index (κ1) is 18.3. The van der Waals surface area contributed by atoms with Crippen molar-refractivity contribution in [1.82, 2.24) is 14.5 Å². The molecule has 2 rings (SSSR count). The van der Waals surface area contributed by atoms with Crippen molar-refractivity contribution in [3.8, 4) is 11.5 Å². The first-order chi connectivity index (χ1) is 11.9. The summed E-state index contributed by atoms with van der Waals surface area (Å²) in [6, 6.07) is 5.49. The van der Waals surface area contributed by atoms with Gasteiger partial charge in [0.25, 0.3) is 11.5 Å². The first-order valence-corrected chi connectivity index (χ1v) is 7.64. The number of amides is 1. The third-order valence-corrected chi connectivity index (χ3v) is 3.84. The summed E-state index contributed by atoms with van der Waals surface area (Å²) in [7, 11) is 5.94. The van der Waals surface area contributed by atoms with Gasteiger partial charge >= 0.3 is 5.69 Å². The lowest BCUT2D eigenvalue weighted by Gasteiger charge is -2.10. The zero-order chi connectivity index (χ0) is 18.6. The number of aryl methyl sites for hydroxylation is 1. The van der Waals surface area contributed by atoms with E-state index < -0.39 is 17.2 Å². The molecule has 0 unspecified atom stereocenters. The number of nitrogens with zero attached hydrogens (tertiary/aromatic N) is 2. The van der Waals surface area contributed by atoms with Crippen LogP contribution < -0.4 is 26.0 Å². The van der Waals surface area contributed by atoms with Crippen LogP contribution in [-0.2, 0) is 20.5 Å². The van der Waals surface area contributed by atoms with Crippen LogP contribution in [0.1, 0.15) is 15.9 Å². The maximum atomic E-state index is 12.2. The normalized spacial score (nSPS) is 10.4. The molecule has 0 saturated heterocycles. The second kappa shape index (κ2) is 7.69. The summed E-state index contributed by atoms with van der Waals surface area (Å²) in [6.45, 7) is 0.334. The fourth-order valence-corrected chi connectivity index (χ4v) is 2.42. The highest BCUT2D eigenvalue weighted by molar-refractivity contribution is 5.93.